The van der Waals surface area contributed by atoms with Gasteiger partial charge in [0.2, 0.25) is 5.91 Å². The fourth-order valence-corrected chi connectivity index (χ4v) is 3.38. The van der Waals surface area contributed by atoms with E-state index in [9.17, 15) is 4.79 Å². The maximum absolute atomic E-state index is 12.5. The van der Waals surface area contributed by atoms with E-state index in [1.165, 1.54) is 11.1 Å². The van der Waals surface area contributed by atoms with Gasteiger partial charge in [-0.2, -0.15) is 5.10 Å². The number of benzene rings is 1. The highest BCUT2D eigenvalue weighted by Gasteiger charge is 2.14. The van der Waals surface area contributed by atoms with Crippen molar-refractivity contribution < 1.29 is 9.21 Å². The van der Waals surface area contributed by atoms with Crippen LogP contribution in [-0.4, -0.2) is 20.7 Å². The molecule has 0 atom stereocenters. The first-order valence-corrected chi connectivity index (χ1v) is 9.28. The molecule has 0 spiro atoms. The summed E-state index contributed by atoms with van der Waals surface area (Å²) in [5, 5.41) is 8.03. The third-order valence-corrected chi connectivity index (χ3v) is 4.79. The van der Waals surface area contributed by atoms with Crippen molar-refractivity contribution in [3.63, 3.8) is 0 Å². The highest BCUT2D eigenvalue weighted by Crippen LogP contribution is 2.29. The van der Waals surface area contributed by atoms with Crippen LogP contribution in [0.1, 0.15) is 36.5 Å². The third-order valence-electron chi connectivity index (χ3n) is 4.79. The lowest BCUT2D eigenvalue weighted by Gasteiger charge is -2.10. The van der Waals surface area contributed by atoms with Crippen LogP contribution in [0, 0.1) is 6.92 Å². The van der Waals surface area contributed by atoms with Gasteiger partial charge < -0.3 is 9.73 Å². The Morgan fingerprint density at radius 3 is 2.82 bits per heavy atom. The molecule has 0 aliphatic heterocycles. The molecular formula is C22H22N4O2. The third kappa shape index (κ3) is 3.53. The van der Waals surface area contributed by atoms with E-state index in [1.807, 2.05) is 30.5 Å². The van der Waals surface area contributed by atoms with Crippen molar-refractivity contribution in [2.24, 2.45) is 0 Å². The predicted octanol–water partition coefficient (Wildman–Crippen LogP) is 4.63. The largest absolute Gasteiger partial charge is 0.464 e. The molecule has 6 nitrogen and oxygen atoms in total. The number of carbonyl (C=O) groups is 1. The van der Waals surface area contributed by atoms with E-state index in [0.29, 0.717) is 17.4 Å². The van der Waals surface area contributed by atoms with Crippen LogP contribution in [0.4, 0.5) is 5.69 Å². The number of anilines is 1. The number of aryl methyl sites for hydroxylation is 1. The van der Waals surface area contributed by atoms with Gasteiger partial charge in [-0.25, -0.2) is 9.67 Å². The minimum Gasteiger partial charge on any atom is -0.464 e. The van der Waals surface area contributed by atoms with Crippen LogP contribution in [-0.2, 0) is 11.2 Å². The van der Waals surface area contributed by atoms with Gasteiger partial charge in [0, 0.05) is 23.3 Å². The number of nitrogens with one attached hydrogen (secondary N) is 1. The van der Waals surface area contributed by atoms with Gasteiger partial charge in [0.05, 0.1) is 24.6 Å². The Kier molecular flexibility index (Phi) is 4.69. The Morgan fingerprint density at radius 1 is 1.29 bits per heavy atom. The van der Waals surface area contributed by atoms with E-state index in [4.69, 9.17) is 4.42 Å². The molecule has 0 aliphatic carbocycles. The second-order valence-corrected chi connectivity index (χ2v) is 7.20. The number of amides is 1. The first-order valence-electron chi connectivity index (χ1n) is 9.28. The lowest BCUT2D eigenvalue weighted by Crippen LogP contribution is -2.14. The van der Waals surface area contributed by atoms with E-state index in [2.05, 4.69) is 42.2 Å². The fourth-order valence-electron chi connectivity index (χ4n) is 3.38. The first kappa shape index (κ1) is 18.0. The van der Waals surface area contributed by atoms with Gasteiger partial charge in [-0.3, -0.25) is 4.79 Å². The number of fused-ring (bicyclic) bond motifs is 1. The van der Waals surface area contributed by atoms with Crippen molar-refractivity contribution in [3.05, 3.63) is 71.9 Å². The number of carbonyl (C=O) groups excluding carboxylic acids is 1. The quantitative estimate of drug-likeness (QED) is 0.553. The molecule has 0 aliphatic rings. The van der Waals surface area contributed by atoms with Crippen molar-refractivity contribution in [2.45, 2.75) is 33.1 Å². The van der Waals surface area contributed by atoms with Gasteiger partial charge in [0.1, 0.15) is 5.58 Å². The maximum atomic E-state index is 12.5. The van der Waals surface area contributed by atoms with E-state index < -0.39 is 0 Å². The number of nitrogens with zero attached hydrogens (tertiary/aromatic N) is 3. The number of hydrogen-bond acceptors (Lipinski definition) is 4. The molecule has 1 aromatic carbocycles. The Morgan fingerprint density at radius 2 is 2.14 bits per heavy atom. The Hall–Kier alpha value is -3.41. The van der Waals surface area contributed by atoms with Gasteiger partial charge in [0.25, 0.3) is 0 Å². The minimum atomic E-state index is -0.108. The Balaban J connectivity index is 1.50. The maximum Gasteiger partial charge on any atom is 0.228 e. The van der Waals surface area contributed by atoms with Crippen LogP contribution in [0.15, 0.2) is 59.6 Å². The molecule has 6 heteroatoms. The van der Waals surface area contributed by atoms with Crippen molar-refractivity contribution in [1.29, 1.82) is 0 Å². The van der Waals surface area contributed by atoms with Crippen molar-refractivity contribution in [3.8, 4) is 5.82 Å². The van der Waals surface area contributed by atoms with Crippen LogP contribution < -0.4 is 5.32 Å². The highest BCUT2D eigenvalue weighted by molar-refractivity contribution is 5.95. The molecule has 3 heterocycles. The summed E-state index contributed by atoms with van der Waals surface area (Å²) < 4.78 is 7.33. The first-order chi connectivity index (χ1) is 13.5. The van der Waals surface area contributed by atoms with Crippen LogP contribution in [0.3, 0.4) is 0 Å². The van der Waals surface area contributed by atoms with Crippen LogP contribution >= 0.6 is 0 Å². The van der Waals surface area contributed by atoms with Crippen molar-refractivity contribution >= 4 is 22.6 Å². The van der Waals surface area contributed by atoms with Gasteiger partial charge in [0.15, 0.2) is 5.82 Å². The molecule has 0 bridgehead atoms. The molecule has 0 saturated heterocycles. The average molecular weight is 374 g/mol. The zero-order chi connectivity index (χ0) is 19.7. The molecule has 0 saturated carbocycles. The van der Waals surface area contributed by atoms with E-state index in [-0.39, 0.29) is 12.3 Å². The highest BCUT2D eigenvalue weighted by atomic mass is 16.3. The van der Waals surface area contributed by atoms with E-state index in [0.717, 1.165) is 16.5 Å². The smallest absolute Gasteiger partial charge is 0.228 e. The SMILES string of the molecule is Cc1cc2occ(CC(=O)Nc3ccc(-n4cccn4)nc3)c2cc1C(C)C. The number of aromatic nitrogens is 3. The van der Waals surface area contributed by atoms with Crippen LogP contribution in [0.2, 0.25) is 0 Å². The standard InChI is InChI=1S/C22H22N4O2/c1-14(2)18-11-19-16(13-28-20(19)9-15(18)3)10-22(27)25-17-5-6-21(23-12-17)26-8-4-7-24-26/h4-9,11-14H,10H2,1-3H3,(H,25,27). The molecule has 28 heavy (non-hydrogen) atoms. The molecule has 0 unspecified atom stereocenters. The van der Waals surface area contributed by atoms with Gasteiger partial charge in [-0.1, -0.05) is 13.8 Å². The average Bonchev–Trinajstić information content (AvgIpc) is 3.32. The number of furan rings is 1. The molecule has 3 aromatic heterocycles. The summed E-state index contributed by atoms with van der Waals surface area (Å²) in [7, 11) is 0. The van der Waals surface area contributed by atoms with Crippen LogP contribution in [0.5, 0.6) is 0 Å². The molecular weight excluding hydrogens is 352 g/mol. The second-order valence-electron chi connectivity index (χ2n) is 7.20. The Labute approximate surface area is 163 Å². The topological polar surface area (TPSA) is 73.0 Å². The van der Waals surface area contributed by atoms with Crippen molar-refractivity contribution in [2.75, 3.05) is 5.32 Å². The zero-order valence-electron chi connectivity index (χ0n) is 16.1. The number of hydrogen-bond donors (Lipinski definition) is 1. The summed E-state index contributed by atoms with van der Waals surface area (Å²) in [6.45, 7) is 6.42. The number of pyridine rings is 1. The lowest BCUT2D eigenvalue weighted by atomic mass is 9.95. The second kappa shape index (κ2) is 7.31. The van der Waals surface area contributed by atoms with Crippen LogP contribution in [0.25, 0.3) is 16.8 Å². The summed E-state index contributed by atoms with van der Waals surface area (Å²) in [5.74, 6) is 1.00. The molecule has 142 valence electrons. The summed E-state index contributed by atoms with van der Waals surface area (Å²) in [5.41, 5.74) is 4.82. The molecule has 1 amide bonds. The lowest BCUT2D eigenvalue weighted by molar-refractivity contribution is -0.115. The zero-order valence-corrected chi connectivity index (χ0v) is 16.1. The molecule has 1 N–H and O–H groups in total. The molecule has 4 rings (SSSR count). The van der Waals surface area contributed by atoms with E-state index in [1.54, 1.807) is 23.3 Å². The number of rotatable bonds is 5. The summed E-state index contributed by atoms with van der Waals surface area (Å²) in [4.78, 5) is 16.9. The molecule has 0 radical (unpaired) electrons. The van der Waals surface area contributed by atoms with Crippen molar-refractivity contribution in [1.82, 2.24) is 14.8 Å². The summed E-state index contributed by atoms with van der Waals surface area (Å²) in [6, 6.07) is 9.65. The van der Waals surface area contributed by atoms with Gasteiger partial charge >= 0.3 is 0 Å². The molecule has 0 fully saturated rings. The normalized spacial score (nSPS) is 11.3. The predicted molar refractivity (Wildman–Crippen MR) is 109 cm³/mol. The fraction of sp³-hybridized carbons (Fsp3) is 0.227. The minimum absolute atomic E-state index is 0.108. The Bertz CT molecular complexity index is 1110. The van der Waals surface area contributed by atoms with Gasteiger partial charge in [-0.15, -0.1) is 0 Å². The van der Waals surface area contributed by atoms with E-state index >= 15 is 0 Å². The van der Waals surface area contributed by atoms with Gasteiger partial charge in [-0.05, 0) is 54.3 Å². The molecule has 4 aromatic rings. The summed E-state index contributed by atoms with van der Waals surface area (Å²) in [6.07, 6.45) is 7.06. The monoisotopic (exact) mass is 374 g/mol. The summed E-state index contributed by atoms with van der Waals surface area (Å²) >= 11 is 0.